The molecule has 0 bridgehead atoms. The zero-order chi connectivity index (χ0) is 12.8. The van der Waals surface area contributed by atoms with Crippen molar-refractivity contribution in [1.82, 2.24) is 0 Å². The fourth-order valence-corrected chi connectivity index (χ4v) is 3.52. The van der Waals surface area contributed by atoms with Crippen LogP contribution in [0.4, 0.5) is 0 Å². The molecule has 0 atom stereocenters. The predicted molar refractivity (Wildman–Crippen MR) is 75.3 cm³/mol. The highest BCUT2D eigenvalue weighted by Gasteiger charge is 2.31. The van der Waals surface area contributed by atoms with Gasteiger partial charge in [-0.05, 0) is 47.7 Å². The van der Waals surface area contributed by atoms with Gasteiger partial charge in [0.1, 0.15) is 0 Å². The largest absolute Gasteiger partial charge is 0.372 e. The molecule has 2 aliphatic rings. The number of hydrogen-bond acceptors (Lipinski definition) is 3. The molecule has 1 aromatic heterocycles. The van der Waals surface area contributed by atoms with Crippen molar-refractivity contribution >= 4 is 17.1 Å². The van der Waals surface area contributed by atoms with Gasteiger partial charge in [-0.15, -0.1) is 11.3 Å². The average Bonchev–Trinajstić information content (AvgIpc) is 2.99. The van der Waals surface area contributed by atoms with E-state index < -0.39 is 0 Å². The van der Waals surface area contributed by atoms with Crippen LogP contribution in [0.25, 0.3) is 10.4 Å². The molecule has 19 heavy (non-hydrogen) atoms. The zero-order valence-corrected chi connectivity index (χ0v) is 11.3. The predicted octanol–water partition coefficient (Wildman–Crippen LogP) is 4.04. The Kier molecular flexibility index (Phi) is 2.57. The lowest BCUT2D eigenvalue weighted by molar-refractivity contribution is 0.0971. The van der Waals surface area contributed by atoms with Crippen LogP contribution in [0, 0.1) is 5.92 Å². The number of thiophene rings is 1. The Morgan fingerprint density at radius 1 is 1.11 bits per heavy atom. The molecule has 1 aliphatic carbocycles. The van der Waals surface area contributed by atoms with Crippen molar-refractivity contribution in [2.24, 2.45) is 5.92 Å². The summed E-state index contributed by atoms with van der Waals surface area (Å²) in [7, 11) is 0. The molecule has 0 unspecified atom stereocenters. The number of ketones is 1. The van der Waals surface area contributed by atoms with E-state index in [4.69, 9.17) is 4.74 Å². The van der Waals surface area contributed by atoms with Crippen LogP contribution in [0.5, 0.6) is 0 Å². The summed E-state index contributed by atoms with van der Waals surface area (Å²) >= 11 is 1.62. The number of rotatable bonds is 3. The van der Waals surface area contributed by atoms with Crippen LogP contribution in [-0.4, -0.2) is 5.78 Å². The fraction of sp³-hybridized carbons (Fsp3) is 0.312. The smallest absolute Gasteiger partial charge is 0.175 e. The number of benzene rings is 1. The van der Waals surface area contributed by atoms with E-state index in [1.807, 2.05) is 6.07 Å². The van der Waals surface area contributed by atoms with Gasteiger partial charge in [0.05, 0.1) is 18.1 Å². The second-order valence-electron chi connectivity index (χ2n) is 5.28. The van der Waals surface area contributed by atoms with E-state index in [0.717, 1.165) is 24.3 Å². The first-order valence-electron chi connectivity index (χ1n) is 6.65. The number of carbonyl (C=O) groups is 1. The number of Topliss-reactive ketones (excluding diaryl/α,β-unsaturated/α-hetero) is 1. The van der Waals surface area contributed by atoms with Crippen LogP contribution in [0.15, 0.2) is 30.3 Å². The average molecular weight is 270 g/mol. The molecule has 1 saturated carbocycles. The molecule has 1 aliphatic heterocycles. The molecule has 2 heterocycles. The van der Waals surface area contributed by atoms with E-state index in [-0.39, 0.29) is 0 Å². The van der Waals surface area contributed by atoms with E-state index in [1.165, 1.54) is 21.6 Å². The Morgan fingerprint density at radius 2 is 1.95 bits per heavy atom. The number of hydrogen-bond donors (Lipinski definition) is 0. The third-order valence-corrected chi connectivity index (χ3v) is 4.95. The van der Waals surface area contributed by atoms with Gasteiger partial charge in [0, 0.05) is 10.8 Å². The molecule has 0 radical (unpaired) electrons. The molecule has 0 amide bonds. The van der Waals surface area contributed by atoms with Crippen LogP contribution in [0.3, 0.4) is 0 Å². The molecule has 1 fully saturated rings. The minimum Gasteiger partial charge on any atom is -0.372 e. The standard InChI is InChI=1S/C16H14O2S/c17-16(10-1-2-10)15-6-5-14(19-15)11-3-4-12-8-18-9-13(12)7-11/h3-7,10H,1-2,8-9H2. The van der Waals surface area contributed by atoms with Crippen LogP contribution in [0.1, 0.15) is 33.6 Å². The van der Waals surface area contributed by atoms with Crippen molar-refractivity contribution in [1.29, 1.82) is 0 Å². The summed E-state index contributed by atoms with van der Waals surface area (Å²) in [6, 6.07) is 10.5. The summed E-state index contributed by atoms with van der Waals surface area (Å²) in [5.41, 5.74) is 3.76. The maximum Gasteiger partial charge on any atom is 0.175 e. The summed E-state index contributed by atoms with van der Waals surface area (Å²) in [6.07, 6.45) is 2.14. The van der Waals surface area contributed by atoms with Crippen molar-refractivity contribution in [3.8, 4) is 10.4 Å². The second-order valence-corrected chi connectivity index (χ2v) is 6.36. The van der Waals surface area contributed by atoms with Gasteiger partial charge in [-0.3, -0.25) is 4.79 Å². The topological polar surface area (TPSA) is 26.3 Å². The number of carbonyl (C=O) groups excluding carboxylic acids is 1. The Balaban J connectivity index is 1.66. The molecule has 0 spiro atoms. The quantitative estimate of drug-likeness (QED) is 0.787. The van der Waals surface area contributed by atoms with Gasteiger partial charge in [-0.25, -0.2) is 0 Å². The van der Waals surface area contributed by atoms with E-state index in [2.05, 4.69) is 24.3 Å². The van der Waals surface area contributed by atoms with Crippen LogP contribution < -0.4 is 0 Å². The Bertz CT molecular complexity index is 653. The third-order valence-electron chi connectivity index (χ3n) is 3.80. The van der Waals surface area contributed by atoms with Gasteiger partial charge in [0.2, 0.25) is 0 Å². The highest BCUT2D eigenvalue weighted by molar-refractivity contribution is 7.17. The van der Waals surface area contributed by atoms with Crippen molar-refractivity contribution in [3.05, 3.63) is 46.3 Å². The van der Waals surface area contributed by atoms with Crippen molar-refractivity contribution in [2.45, 2.75) is 26.1 Å². The molecular weight excluding hydrogens is 256 g/mol. The van der Waals surface area contributed by atoms with Gasteiger partial charge in [-0.2, -0.15) is 0 Å². The minimum absolute atomic E-state index is 0.305. The van der Waals surface area contributed by atoms with Gasteiger partial charge in [0.25, 0.3) is 0 Å². The van der Waals surface area contributed by atoms with Crippen LogP contribution in [-0.2, 0) is 18.0 Å². The van der Waals surface area contributed by atoms with Crippen LogP contribution in [0.2, 0.25) is 0 Å². The molecule has 0 N–H and O–H groups in total. The van der Waals surface area contributed by atoms with E-state index in [1.54, 1.807) is 11.3 Å². The number of ether oxygens (including phenoxy) is 1. The molecule has 3 heteroatoms. The monoisotopic (exact) mass is 270 g/mol. The maximum atomic E-state index is 12.0. The molecule has 0 saturated heterocycles. The first-order valence-corrected chi connectivity index (χ1v) is 7.47. The zero-order valence-electron chi connectivity index (χ0n) is 10.5. The lowest BCUT2D eigenvalue weighted by Gasteiger charge is -2.01. The summed E-state index contributed by atoms with van der Waals surface area (Å²) in [5.74, 6) is 0.640. The van der Waals surface area contributed by atoms with Crippen molar-refractivity contribution < 1.29 is 9.53 Å². The molecule has 96 valence electrons. The van der Waals surface area contributed by atoms with Gasteiger partial charge < -0.3 is 4.74 Å². The highest BCUT2D eigenvalue weighted by atomic mass is 32.1. The SMILES string of the molecule is O=C(c1ccc(-c2ccc3c(c2)COC3)s1)C1CC1. The fourth-order valence-electron chi connectivity index (χ4n) is 2.50. The highest BCUT2D eigenvalue weighted by Crippen LogP contribution is 2.37. The normalized spacial score (nSPS) is 17.5. The molecular formula is C16H14O2S. The van der Waals surface area contributed by atoms with E-state index >= 15 is 0 Å². The summed E-state index contributed by atoms with van der Waals surface area (Å²) in [4.78, 5) is 14.1. The molecule has 2 aromatic rings. The molecule has 2 nitrogen and oxygen atoms in total. The minimum atomic E-state index is 0.305. The first-order chi connectivity index (χ1) is 9.31. The lowest BCUT2D eigenvalue weighted by atomic mass is 10.1. The van der Waals surface area contributed by atoms with Crippen LogP contribution >= 0.6 is 11.3 Å². The van der Waals surface area contributed by atoms with E-state index in [9.17, 15) is 4.79 Å². The molecule has 4 rings (SSSR count). The molecule has 1 aromatic carbocycles. The second kappa shape index (κ2) is 4.29. The van der Waals surface area contributed by atoms with Crippen molar-refractivity contribution in [2.75, 3.05) is 0 Å². The Labute approximate surface area is 116 Å². The van der Waals surface area contributed by atoms with Crippen molar-refractivity contribution in [3.63, 3.8) is 0 Å². The summed E-state index contributed by atoms with van der Waals surface area (Å²) in [6.45, 7) is 1.44. The Hall–Kier alpha value is -1.45. The number of fused-ring (bicyclic) bond motifs is 1. The third kappa shape index (κ3) is 2.03. The lowest BCUT2D eigenvalue weighted by Crippen LogP contribution is -1.96. The van der Waals surface area contributed by atoms with Gasteiger partial charge >= 0.3 is 0 Å². The van der Waals surface area contributed by atoms with Gasteiger partial charge in [0.15, 0.2) is 5.78 Å². The summed E-state index contributed by atoms with van der Waals surface area (Å²) in [5, 5.41) is 0. The first kappa shape index (κ1) is 11.4. The maximum absolute atomic E-state index is 12.0. The summed E-state index contributed by atoms with van der Waals surface area (Å²) < 4.78 is 5.44. The Morgan fingerprint density at radius 3 is 2.79 bits per heavy atom. The van der Waals surface area contributed by atoms with E-state index in [0.29, 0.717) is 18.3 Å². The van der Waals surface area contributed by atoms with Gasteiger partial charge in [-0.1, -0.05) is 12.1 Å².